The predicted molar refractivity (Wildman–Crippen MR) is 83.9 cm³/mol. The van der Waals surface area contributed by atoms with Crippen LogP contribution in [0.5, 0.6) is 5.75 Å². The number of carbonyl (C=O) groups is 1. The van der Waals surface area contributed by atoms with Gasteiger partial charge in [-0.3, -0.25) is 4.79 Å². The Labute approximate surface area is 132 Å². The highest BCUT2D eigenvalue weighted by Crippen LogP contribution is 2.23. The smallest absolute Gasteiger partial charge is 0.185 e. The van der Waals surface area contributed by atoms with Crippen LogP contribution < -0.4 is 0 Å². The maximum atomic E-state index is 12.0. The van der Waals surface area contributed by atoms with E-state index in [0.29, 0.717) is 21.2 Å². The zero-order valence-electron chi connectivity index (χ0n) is 10.9. The first-order valence-electron chi connectivity index (χ1n) is 6.11. The van der Waals surface area contributed by atoms with E-state index in [2.05, 4.69) is 0 Å². The average Bonchev–Trinajstić information content (AvgIpc) is 2.48. The average molecular weight is 323 g/mol. The summed E-state index contributed by atoms with van der Waals surface area (Å²) < 4.78 is 0. The van der Waals surface area contributed by atoms with Crippen molar-refractivity contribution in [2.45, 2.75) is 6.61 Å². The van der Waals surface area contributed by atoms with E-state index in [9.17, 15) is 9.90 Å². The van der Waals surface area contributed by atoms with Crippen LogP contribution in [0, 0.1) is 0 Å². The van der Waals surface area contributed by atoms with Gasteiger partial charge < -0.3 is 10.2 Å². The fourth-order valence-electron chi connectivity index (χ4n) is 1.75. The molecule has 0 atom stereocenters. The Bertz CT molecular complexity index is 709. The van der Waals surface area contributed by atoms with Gasteiger partial charge >= 0.3 is 0 Å². The number of rotatable bonds is 4. The normalized spacial score (nSPS) is 11.0. The second-order valence-electron chi connectivity index (χ2n) is 4.37. The molecule has 0 heterocycles. The highest BCUT2D eigenvalue weighted by atomic mass is 35.5. The fraction of sp³-hybridized carbons (Fsp3) is 0.0625. The highest BCUT2D eigenvalue weighted by molar-refractivity contribution is 6.42. The number of aliphatic hydroxyl groups is 1. The zero-order valence-corrected chi connectivity index (χ0v) is 12.4. The second kappa shape index (κ2) is 6.76. The van der Waals surface area contributed by atoms with E-state index in [4.69, 9.17) is 28.3 Å². The molecule has 2 rings (SSSR count). The van der Waals surface area contributed by atoms with E-state index < -0.39 is 0 Å². The number of aliphatic hydroxyl groups excluding tert-OH is 1. The van der Waals surface area contributed by atoms with Crippen molar-refractivity contribution in [1.29, 1.82) is 0 Å². The van der Waals surface area contributed by atoms with Crippen LogP contribution in [-0.4, -0.2) is 16.0 Å². The standard InChI is InChI=1S/C16H12Cl2O3/c17-13-4-1-10(7-14(13)18)2-5-15(20)11-3-6-16(21)12(8-11)9-19/h1-8,19,21H,9H2/b5-2+. The van der Waals surface area contributed by atoms with Crippen LogP contribution in [0.4, 0.5) is 0 Å². The molecule has 0 radical (unpaired) electrons. The van der Waals surface area contributed by atoms with E-state index in [1.807, 2.05) is 0 Å². The molecule has 0 spiro atoms. The first-order valence-corrected chi connectivity index (χ1v) is 6.87. The minimum atomic E-state index is -0.330. The van der Waals surface area contributed by atoms with Crippen molar-refractivity contribution in [1.82, 2.24) is 0 Å². The number of carbonyl (C=O) groups excluding carboxylic acids is 1. The molecule has 108 valence electrons. The molecule has 3 nitrogen and oxygen atoms in total. The van der Waals surface area contributed by atoms with Crippen LogP contribution in [0.3, 0.4) is 0 Å². The topological polar surface area (TPSA) is 57.5 Å². The third-order valence-electron chi connectivity index (χ3n) is 2.91. The summed E-state index contributed by atoms with van der Waals surface area (Å²) in [5.74, 6) is -0.279. The summed E-state index contributed by atoms with van der Waals surface area (Å²) in [7, 11) is 0. The predicted octanol–water partition coefficient (Wildman–Crippen LogP) is 4.09. The van der Waals surface area contributed by atoms with Crippen LogP contribution in [-0.2, 0) is 6.61 Å². The molecule has 0 aromatic heterocycles. The van der Waals surface area contributed by atoms with Crippen LogP contribution in [0.15, 0.2) is 42.5 Å². The molecule has 0 saturated heterocycles. The largest absolute Gasteiger partial charge is 0.508 e. The molecule has 2 aromatic rings. The summed E-state index contributed by atoms with van der Waals surface area (Å²) in [6.45, 7) is -0.330. The summed E-state index contributed by atoms with van der Waals surface area (Å²) in [6, 6.07) is 9.38. The van der Waals surface area contributed by atoms with Gasteiger partial charge in [-0.2, -0.15) is 0 Å². The van der Waals surface area contributed by atoms with Gasteiger partial charge in [-0.15, -0.1) is 0 Å². The molecule has 21 heavy (non-hydrogen) atoms. The number of hydrogen-bond acceptors (Lipinski definition) is 3. The van der Waals surface area contributed by atoms with Gasteiger partial charge in [-0.1, -0.05) is 35.3 Å². The lowest BCUT2D eigenvalue weighted by molar-refractivity contribution is 0.104. The minimum absolute atomic E-state index is 0.0393. The van der Waals surface area contributed by atoms with Gasteiger partial charge in [0.1, 0.15) is 5.75 Å². The van der Waals surface area contributed by atoms with Crippen molar-refractivity contribution in [2.24, 2.45) is 0 Å². The molecule has 0 aliphatic carbocycles. The first kappa shape index (κ1) is 15.6. The molecule has 0 amide bonds. The lowest BCUT2D eigenvalue weighted by Gasteiger charge is -2.03. The Balaban J connectivity index is 2.20. The summed E-state index contributed by atoms with van der Waals surface area (Å²) in [5.41, 5.74) is 1.44. The molecular weight excluding hydrogens is 311 g/mol. The number of benzene rings is 2. The summed E-state index contributed by atoms with van der Waals surface area (Å²) in [5, 5.41) is 19.4. The quantitative estimate of drug-likeness (QED) is 0.658. The van der Waals surface area contributed by atoms with E-state index in [-0.39, 0.29) is 18.1 Å². The third kappa shape index (κ3) is 3.85. The number of ketones is 1. The van der Waals surface area contributed by atoms with Gasteiger partial charge in [0.25, 0.3) is 0 Å². The van der Waals surface area contributed by atoms with Gasteiger partial charge in [0.05, 0.1) is 16.7 Å². The van der Waals surface area contributed by atoms with E-state index in [1.54, 1.807) is 24.3 Å². The maximum Gasteiger partial charge on any atom is 0.185 e. The van der Waals surface area contributed by atoms with Gasteiger partial charge in [0.2, 0.25) is 0 Å². The Hall–Kier alpha value is -1.81. The zero-order chi connectivity index (χ0) is 15.4. The van der Waals surface area contributed by atoms with Crippen molar-refractivity contribution in [3.05, 3.63) is 69.2 Å². The second-order valence-corrected chi connectivity index (χ2v) is 5.19. The monoisotopic (exact) mass is 322 g/mol. The van der Waals surface area contributed by atoms with Crippen LogP contribution in [0.2, 0.25) is 10.0 Å². The van der Waals surface area contributed by atoms with Gasteiger partial charge in [-0.25, -0.2) is 0 Å². The van der Waals surface area contributed by atoms with Gasteiger partial charge in [-0.05, 0) is 42.0 Å². The molecular formula is C16H12Cl2O3. The molecule has 0 aliphatic rings. The number of allylic oxidation sites excluding steroid dienone is 1. The van der Waals surface area contributed by atoms with Crippen LogP contribution >= 0.6 is 23.2 Å². The molecule has 0 fully saturated rings. The summed E-state index contributed by atoms with van der Waals surface area (Å²) in [6.07, 6.45) is 3.02. The fourth-order valence-corrected chi connectivity index (χ4v) is 2.06. The van der Waals surface area contributed by atoms with Crippen molar-refractivity contribution in [3.63, 3.8) is 0 Å². The first-order chi connectivity index (χ1) is 10.0. The summed E-state index contributed by atoms with van der Waals surface area (Å²) >= 11 is 11.7. The molecule has 0 aliphatic heterocycles. The molecule has 5 heteroatoms. The number of halogens is 2. The van der Waals surface area contributed by atoms with Crippen molar-refractivity contribution < 1.29 is 15.0 Å². The van der Waals surface area contributed by atoms with Gasteiger partial charge in [0, 0.05) is 11.1 Å². The Morgan fingerprint density at radius 1 is 1.10 bits per heavy atom. The Morgan fingerprint density at radius 2 is 1.86 bits per heavy atom. The minimum Gasteiger partial charge on any atom is -0.508 e. The molecule has 2 aromatic carbocycles. The third-order valence-corrected chi connectivity index (χ3v) is 3.64. The van der Waals surface area contributed by atoms with E-state index in [1.165, 1.54) is 24.3 Å². The van der Waals surface area contributed by atoms with Crippen LogP contribution in [0.1, 0.15) is 21.5 Å². The van der Waals surface area contributed by atoms with Gasteiger partial charge in [0.15, 0.2) is 5.78 Å². The lowest BCUT2D eigenvalue weighted by atomic mass is 10.1. The maximum absolute atomic E-state index is 12.0. The number of phenols is 1. The SMILES string of the molecule is O=C(/C=C/c1ccc(Cl)c(Cl)c1)c1ccc(O)c(CO)c1. The highest BCUT2D eigenvalue weighted by Gasteiger charge is 2.06. The summed E-state index contributed by atoms with van der Waals surface area (Å²) in [4.78, 5) is 12.0. The molecule has 0 unspecified atom stereocenters. The molecule has 0 bridgehead atoms. The Morgan fingerprint density at radius 3 is 2.52 bits per heavy atom. The van der Waals surface area contributed by atoms with Crippen molar-refractivity contribution in [2.75, 3.05) is 0 Å². The lowest BCUT2D eigenvalue weighted by Crippen LogP contribution is -1.96. The van der Waals surface area contributed by atoms with Crippen LogP contribution in [0.25, 0.3) is 6.08 Å². The van der Waals surface area contributed by atoms with E-state index in [0.717, 1.165) is 5.56 Å². The van der Waals surface area contributed by atoms with E-state index >= 15 is 0 Å². The molecule has 2 N–H and O–H groups in total. The number of hydrogen-bond donors (Lipinski definition) is 2. The van der Waals surface area contributed by atoms with Crippen molar-refractivity contribution >= 4 is 35.1 Å². The Kier molecular flexibility index (Phi) is 5.02. The molecule has 0 saturated carbocycles. The van der Waals surface area contributed by atoms with Crippen molar-refractivity contribution in [3.8, 4) is 5.75 Å². The number of aromatic hydroxyl groups is 1.